The van der Waals surface area contributed by atoms with Gasteiger partial charge in [-0.25, -0.2) is 0 Å². The number of rotatable bonds is 4. The van der Waals surface area contributed by atoms with Gasteiger partial charge in [0.15, 0.2) is 5.69 Å². The molecule has 1 aliphatic carbocycles. The van der Waals surface area contributed by atoms with Gasteiger partial charge in [-0.3, -0.25) is 9.48 Å². The SMILES string of the molecule is CCn1nccc1CNC(=O)c1noc2c1C[C@@H](C(C)(C)C)CC2. The Morgan fingerprint density at radius 1 is 1.46 bits per heavy atom. The van der Waals surface area contributed by atoms with Gasteiger partial charge in [-0.05, 0) is 37.2 Å². The Morgan fingerprint density at radius 3 is 2.96 bits per heavy atom. The van der Waals surface area contributed by atoms with E-state index in [1.165, 1.54) is 0 Å². The van der Waals surface area contributed by atoms with Crippen LogP contribution in [0.15, 0.2) is 16.8 Å². The third-order valence-corrected chi connectivity index (χ3v) is 5.01. The Hall–Kier alpha value is -2.11. The van der Waals surface area contributed by atoms with Crippen molar-refractivity contribution >= 4 is 5.91 Å². The lowest BCUT2D eigenvalue weighted by Gasteiger charge is -2.33. The number of amides is 1. The van der Waals surface area contributed by atoms with Crippen molar-refractivity contribution in [3.05, 3.63) is 35.0 Å². The summed E-state index contributed by atoms with van der Waals surface area (Å²) in [6.45, 7) is 10.0. The molecular formula is C18H26N4O2. The summed E-state index contributed by atoms with van der Waals surface area (Å²) in [7, 11) is 0. The molecule has 130 valence electrons. The minimum absolute atomic E-state index is 0.168. The lowest BCUT2D eigenvalue weighted by molar-refractivity contribution is 0.0939. The first kappa shape index (κ1) is 16.7. The number of nitrogens with zero attached hydrogens (tertiary/aromatic N) is 3. The van der Waals surface area contributed by atoms with Gasteiger partial charge in [-0.15, -0.1) is 0 Å². The average molecular weight is 330 g/mol. The zero-order valence-electron chi connectivity index (χ0n) is 14.9. The molecule has 0 aliphatic heterocycles. The Bertz CT molecular complexity index is 724. The zero-order chi connectivity index (χ0) is 17.3. The van der Waals surface area contributed by atoms with E-state index in [4.69, 9.17) is 4.52 Å². The second kappa shape index (κ2) is 6.42. The molecule has 24 heavy (non-hydrogen) atoms. The molecule has 2 aromatic heterocycles. The largest absolute Gasteiger partial charge is 0.360 e. The van der Waals surface area contributed by atoms with Crippen molar-refractivity contribution in [2.45, 2.75) is 60.0 Å². The first-order valence-corrected chi connectivity index (χ1v) is 8.66. The van der Waals surface area contributed by atoms with Gasteiger partial charge in [0, 0.05) is 24.7 Å². The predicted octanol–water partition coefficient (Wildman–Crippen LogP) is 2.97. The van der Waals surface area contributed by atoms with E-state index in [0.717, 1.165) is 42.8 Å². The molecule has 0 saturated carbocycles. The van der Waals surface area contributed by atoms with Crippen molar-refractivity contribution in [2.24, 2.45) is 11.3 Å². The molecular weight excluding hydrogens is 304 g/mol. The summed E-state index contributed by atoms with van der Waals surface area (Å²) in [4.78, 5) is 12.6. The summed E-state index contributed by atoms with van der Waals surface area (Å²) in [5, 5.41) is 11.2. The van der Waals surface area contributed by atoms with Crippen LogP contribution in [0.1, 0.15) is 61.6 Å². The monoisotopic (exact) mass is 330 g/mol. The van der Waals surface area contributed by atoms with Crippen LogP contribution in [0.2, 0.25) is 0 Å². The van der Waals surface area contributed by atoms with Gasteiger partial charge < -0.3 is 9.84 Å². The minimum atomic E-state index is -0.168. The topological polar surface area (TPSA) is 73.0 Å². The predicted molar refractivity (Wildman–Crippen MR) is 90.5 cm³/mol. The number of hydrogen-bond acceptors (Lipinski definition) is 4. The van der Waals surface area contributed by atoms with E-state index in [1.807, 2.05) is 17.7 Å². The van der Waals surface area contributed by atoms with Crippen LogP contribution in [0.25, 0.3) is 0 Å². The van der Waals surface area contributed by atoms with Gasteiger partial charge in [-0.1, -0.05) is 25.9 Å². The highest BCUT2D eigenvalue weighted by Crippen LogP contribution is 2.38. The highest BCUT2D eigenvalue weighted by atomic mass is 16.5. The fraction of sp³-hybridized carbons (Fsp3) is 0.611. The smallest absolute Gasteiger partial charge is 0.274 e. The third kappa shape index (κ3) is 3.23. The number of aromatic nitrogens is 3. The Balaban J connectivity index is 1.72. The fourth-order valence-corrected chi connectivity index (χ4v) is 3.37. The number of nitrogens with one attached hydrogen (secondary N) is 1. The van der Waals surface area contributed by atoms with E-state index in [9.17, 15) is 4.79 Å². The normalized spacial score (nSPS) is 17.6. The van der Waals surface area contributed by atoms with Crippen LogP contribution in [0.5, 0.6) is 0 Å². The maximum Gasteiger partial charge on any atom is 0.274 e. The lowest BCUT2D eigenvalue weighted by atomic mass is 9.71. The van der Waals surface area contributed by atoms with Crippen molar-refractivity contribution in [3.8, 4) is 0 Å². The molecule has 1 amide bonds. The second-order valence-electron chi connectivity index (χ2n) is 7.56. The Kier molecular flexibility index (Phi) is 4.47. The molecule has 1 N–H and O–H groups in total. The minimum Gasteiger partial charge on any atom is -0.360 e. The van der Waals surface area contributed by atoms with E-state index in [1.54, 1.807) is 6.20 Å². The Labute approximate surface area is 142 Å². The molecule has 0 fully saturated rings. The van der Waals surface area contributed by atoms with Crippen LogP contribution in [-0.2, 0) is 25.9 Å². The van der Waals surface area contributed by atoms with E-state index in [-0.39, 0.29) is 11.3 Å². The average Bonchev–Trinajstić information content (AvgIpc) is 3.17. The molecule has 3 rings (SSSR count). The van der Waals surface area contributed by atoms with Gasteiger partial charge in [0.2, 0.25) is 0 Å². The highest BCUT2D eigenvalue weighted by Gasteiger charge is 2.34. The van der Waals surface area contributed by atoms with Crippen molar-refractivity contribution in [2.75, 3.05) is 0 Å². The molecule has 1 aliphatic rings. The zero-order valence-corrected chi connectivity index (χ0v) is 14.9. The molecule has 0 aromatic carbocycles. The summed E-state index contributed by atoms with van der Waals surface area (Å²) in [6, 6.07) is 1.91. The molecule has 1 atom stereocenters. The van der Waals surface area contributed by atoms with Crippen LogP contribution < -0.4 is 5.32 Å². The van der Waals surface area contributed by atoms with Crippen LogP contribution in [0.3, 0.4) is 0 Å². The van der Waals surface area contributed by atoms with E-state index in [2.05, 4.69) is 36.3 Å². The van der Waals surface area contributed by atoms with Crippen LogP contribution in [0.4, 0.5) is 0 Å². The maximum atomic E-state index is 12.6. The lowest BCUT2D eigenvalue weighted by Crippen LogP contribution is -2.29. The number of aryl methyl sites for hydroxylation is 2. The third-order valence-electron chi connectivity index (χ3n) is 5.01. The summed E-state index contributed by atoms with van der Waals surface area (Å²) in [5.41, 5.74) is 2.64. The molecule has 2 heterocycles. The van der Waals surface area contributed by atoms with Gasteiger partial charge in [0.05, 0.1) is 12.2 Å². The summed E-state index contributed by atoms with van der Waals surface area (Å²) in [6.07, 6.45) is 4.55. The summed E-state index contributed by atoms with van der Waals surface area (Å²) in [5.74, 6) is 1.25. The van der Waals surface area contributed by atoms with Crippen molar-refractivity contribution in [1.82, 2.24) is 20.3 Å². The second-order valence-corrected chi connectivity index (χ2v) is 7.56. The quantitative estimate of drug-likeness (QED) is 0.935. The number of fused-ring (bicyclic) bond motifs is 1. The molecule has 2 aromatic rings. The molecule has 0 radical (unpaired) electrons. The molecule has 0 unspecified atom stereocenters. The molecule has 0 bridgehead atoms. The number of carbonyl (C=O) groups is 1. The van der Waals surface area contributed by atoms with E-state index >= 15 is 0 Å². The first-order valence-electron chi connectivity index (χ1n) is 8.66. The summed E-state index contributed by atoms with van der Waals surface area (Å²) >= 11 is 0. The van der Waals surface area contributed by atoms with Crippen LogP contribution >= 0.6 is 0 Å². The van der Waals surface area contributed by atoms with Gasteiger partial charge in [0.25, 0.3) is 5.91 Å². The standard InChI is InChI=1S/C18H26N4O2/c1-5-22-13(8-9-20-22)11-19-17(23)16-14-10-12(18(2,3)4)6-7-15(14)24-21-16/h8-9,12H,5-7,10-11H2,1-4H3,(H,19,23)/t12-/m0/s1. The van der Waals surface area contributed by atoms with Crippen LogP contribution in [0, 0.1) is 11.3 Å². The fourth-order valence-electron chi connectivity index (χ4n) is 3.37. The van der Waals surface area contributed by atoms with Crippen molar-refractivity contribution < 1.29 is 9.32 Å². The van der Waals surface area contributed by atoms with Crippen molar-refractivity contribution in [3.63, 3.8) is 0 Å². The highest BCUT2D eigenvalue weighted by molar-refractivity contribution is 5.93. The van der Waals surface area contributed by atoms with E-state index in [0.29, 0.717) is 18.2 Å². The molecule has 6 nitrogen and oxygen atoms in total. The van der Waals surface area contributed by atoms with E-state index < -0.39 is 0 Å². The van der Waals surface area contributed by atoms with Gasteiger partial charge in [0.1, 0.15) is 5.76 Å². The van der Waals surface area contributed by atoms with Gasteiger partial charge >= 0.3 is 0 Å². The summed E-state index contributed by atoms with van der Waals surface area (Å²) < 4.78 is 7.29. The van der Waals surface area contributed by atoms with Gasteiger partial charge in [-0.2, -0.15) is 5.10 Å². The molecule has 0 saturated heterocycles. The molecule has 0 spiro atoms. The Morgan fingerprint density at radius 2 is 2.25 bits per heavy atom. The van der Waals surface area contributed by atoms with Crippen molar-refractivity contribution in [1.29, 1.82) is 0 Å². The first-order chi connectivity index (χ1) is 11.4. The number of carbonyl (C=O) groups excluding carboxylic acids is 1. The number of hydrogen-bond donors (Lipinski definition) is 1. The van der Waals surface area contributed by atoms with Crippen LogP contribution in [-0.4, -0.2) is 20.8 Å². The molecule has 6 heteroatoms. The maximum absolute atomic E-state index is 12.6.